The molecule has 2 aromatic carbocycles. The van der Waals surface area contributed by atoms with Crippen LogP contribution in [0.4, 0.5) is 11.4 Å². The second-order valence-electron chi connectivity index (χ2n) is 8.70. The summed E-state index contributed by atoms with van der Waals surface area (Å²) >= 11 is 3.27. The molecule has 0 N–H and O–H groups in total. The second-order valence-corrected chi connectivity index (χ2v) is 10.7. The fourth-order valence-corrected chi connectivity index (χ4v) is 7.25. The number of amides is 1. The molecule has 1 amide bonds. The van der Waals surface area contributed by atoms with Crippen LogP contribution in [0.2, 0.25) is 0 Å². The monoisotopic (exact) mass is 463 g/mol. The Bertz CT molecular complexity index is 1120. The van der Waals surface area contributed by atoms with Crippen molar-refractivity contribution >= 4 is 46.0 Å². The van der Waals surface area contributed by atoms with E-state index >= 15 is 0 Å². The van der Waals surface area contributed by atoms with Crippen molar-refractivity contribution in [3.8, 4) is 0 Å². The fraction of sp³-hybridized carbons (Fsp3) is 0.385. The van der Waals surface area contributed by atoms with Crippen molar-refractivity contribution < 1.29 is 4.79 Å². The number of nitrogens with zero attached hydrogens (tertiary/aromatic N) is 3. The number of thioether (sulfide) groups is 2. The first kappa shape index (κ1) is 21.7. The van der Waals surface area contributed by atoms with Gasteiger partial charge in [-0.1, -0.05) is 60.9 Å². The van der Waals surface area contributed by atoms with E-state index in [1.165, 1.54) is 35.4 Å². The molecule has 0 bridgehead atoms. The van der Waals surface area contributed by atoms with Gasteiger partial charge >= 0.3 is 0 Å². The van der Waals surface area contributed by atoms with Crippen LogP contribution in [-0.4, -0.2) is 28.6 Å². The van der Waals surface area contributed by atoms with Gasteiger partial charge in [-0.15, -0.1) is 0 Å². The van der Waals surface area contributed by atoms with E-state index in [-0.39, 0.29) is 11.9 Å². The van der Waals surface area contributed by atoms with Crippen molar-refractivity contribution in [2.24, 2.45) is 4.99 Å². The maximum absolute atomic E-state index is 13.9. The third-order valence-corrected chi connectivity index (χ3v) is 8.79. The first-order valence-electron chi connectivity index (χ1n) is 11.5. The molecule has 0 atom stereocenters. The van der Waals surface area contributed by atoms with Crippen molar-refractivity contribution in [3.63, 3.8) is 0 Å². The Kier molecular flexibility index (Phi) is 6.08. The summed E-state index contributed by atoms with van der Waals surface area (Å²) in [7, 11) is 0. The summed E-state index contributed by atoms with van der Waals surface area (Å²) in [5.74, 6) is 0.124. The van der Waals surface area contributed by atoms with Gasteiger partial charge in [0.2, 0.25) is 0 Å². The minimum absolute atomic E-state index is 0.124. The topological polar surface area (TPSA) is 35.9 Å². The molecular weight excluding hydrogens is 434 g/mol. The standard InChI is InChI=1S/C26H29N3OS2/c1-4-28-21-12-8-9-13-22(21)31-25(28)23-24(30)29(19-10-6-5-7-11-19)26(32-23)27-20-15-14-17(2)16-18(20)3/h8-9,12-16,19H,4-7,10-11H2,1-3H3/b25-23-,27-26?. The van der Waals surface area contributed by atoms with Gasteiger partial charge in [0.05, 0.1) is 11.4 Å². The molecule has 5 rings (SSSR count). The van der Waals surface area contributed by atoms with E-state index in [9.17, 15) is 4.79 Å². The van der Waals surface area contributed by atoms with Gasteiger partial charge in [-0.05, 0) is 69.1 Å². The summed E-state index contributed by atoms with van der Waals surface area (Å²) in [4.78, 5) is 25.3. The van der Waals surface area contributed by atoms with Crippen molar-refractivity contribution in [1.29, 1.82) is 0 Å². The predicted octanol–water partition coefficient (Wildman–Crippen LogP) is 7.00. The number of hydrogen-bond acceptors (Lipinski definition) is 5. The quantitative estimate of drug-likeness (QED) is 0.459. The van der Waals surface area contributed by atoms with Crippen LogP contribution in [-0.2, 0) is 4.79 Å². The molecule has 1 saturated heterocycles. The van der Waals surface area contributed by atoms with Crippen LogP contribution in [0.3, 0.4) is 0 Å². The molecule has 32 heavy (non-hydrogen) atoms. The number of amidine groups is 1. The zero-order valence-corrected chi connectivity index (χ0v) is 20.6. The number of carbonyl (C=O) groups excluding carboxylic acids is 1. The summed E-state index contributed by atoms with van der Waals surface area (Å²) in [6, 6.07) is 15.0. The highest BCUT2D eigenvalue weighted by molar-refractivity contribution is 8.19. The van der Waals surface area contributed by atoms with Gasteiger partial charge in [-0.25, -0.2) is 4.99 Å². The number of anilines is 1. The Balaban J connectivity index is 1.58. The van der Waals surface area contributed by atoms with Crippen LogP contribution >= 0.6 is 23.5 Å². The molecule has 2 heterocycles. The van der Waals surface area contributed by atoms with Gasteiger partial charge in [0.15, 0.2) is 5.17 Å². The number of rotatable bonds is 3. The summed E-state index contributed by atoms with van der Waals surface area (Å²) in [6.45, 7) is 7.18. The molecule has 0 unspecified atom stereocenters. The van der Waals surface area contributed by atoms with E-state index < -0.39 is 0 Å². The molecule has 2 fully saturated rings. The Morgan fingerprint density at radius 3 is 2.56 bits per heavy atom. The van der Waals surface area contributed by atoms with Crippen molar-refractivity contribution in [2.45, 2.75) is 63.8 Å². The number of benzene rings is 2. The minimum atomic E-state index is 0.124. The van der Waals surface area contributed by atoms with Gasteiger partial charge in [-0.3, -0.25) is 9.69 Å². The molecule has 2 aromatic rings. The fourth-order valence-electron chi connectivity index (χ4n) is 4.81. The molecule has 4 nitrogen and oxygen atoms in total. The highest BCUT2D eigenvalue weighted by Crippen LogP contribution is 2.51. The zero-order valence-electron chi connectivity index (χ0n) is 18.9. The van der Waals surface area contributed by atoms with Crippen molar-refractivity contribution in [2.75, 3.05) is 11.4 Å². The number of carbonyl (C=O) groups is 1. The van der Waals surface area contributed by atoms with E-state index in [1.54, 1.807) is 23.5 Å². The number of aryl methyl sites for hydroxylation is 2. The maximum Gasteiger partial charge on any atom is 0.269 e. The van der Waals surface area contributed by atoms with Crippen LogP contribution in [0.25, 0.3) is 0 Å². The summed E-state index contributed by atoms with van der Waals surface area (Å²) in [6.07, 6.45) is 5.75. The Hall–Kier alpha value is -2.18. The summed E-state index contributed by atoms with van der Waals surface area (Å²) in [5, 5.41) is 1.89. The molecule has 166 valence electrons. The number of aliphatic imine (C=N–C) groups is 1. The lowest BCUT2D eigenvalue weighted by molar-refractivity contribution is -0.124. The van der Waals surface area contributed by atoms with E-state index in [2.05, 4.69) is 68.1 Å². The third-order valence-electron chi connectivity index (χ3n) is 6.44. The number of fused-ring (bicyclic) bond motifs is 1. The SMILES string of the molecule is CCN1/C(=C2/SC(=Nc3ccc(C)cc3C)N(C3CCCCC3)C2=O)Sc2ccccc21. The normalized spacial score (nSPS) is 22.8. The van der Waals surface area contributed by atoms with Crippen LogP contribution in [0, 0.1) is 13.8 Å². The number of para-hydroxylation sites is 1. The van der Waals surface area contributed by atoms with Crippen LogP contribution in [0.15, 0.2) is 62.3 Å². The van der Waals surface area contributed by atoms with Gasteiger partial charge in [0.1, 0.15) is 9.93 Å². The highest BCUT2D eigenvalue weighted by atomic mass is 32.2. The summed E-state index contributed by atoms with van der Waals surface area (Å²) in [5.41, 5.74) is 4.52. The van der Waals surface area contributed by atoms with Gasteiger partial charge in [0, 0.05) is 17.5 Å². The maximum atomic E-state index is 13.9. The van der Waals surface area contributed by atoms with E-state index in [1.807, 2.05) is 4.90 Å². The van der Waals surface area contributed by atoms with Gasteiger partial charge < -0.3 is 4.90 Å². The molecule has 1 aliphatic carbocycles. The Morgan fingerprint density at radius 1 is 1.03 bits per heavy atom. The Morgan fingerprint density at radius 2 is 1.81 bits per heavy atom. The van der Waals surface area contributed by atoms with E-state index in [4.69, 9.17) is 4.99 Å². The van der Waals surface area contributed by atoms with Crippen LogP contribution < -0.4 is 4.90 Å². The lowest BCUT2D eigenvalue weighted by Gasteiger charge is -2.30. The van der Waals surface area contributed by atoms with Crippen molar-refractivity contribution in [3.05, 3.63) is 63.5 Å². The highest BCUT2D eigenvalue weighted by Gasteiger charge is 2.42. The second kappa shape index (κ2) is 8.99. The number of hydrogen-bond donors (Lipinski definition) is 0. The van der Waals surface area contributed by atoms with Crippen LogP contribution in [0.5, 0.6) is 0 Å². The molecule has 0 aromatic heterocycles. The Labute approximate surface area is 199 Å². The largest absolute Gasteiger partial charge is 0.334 e. The average Bonchev–Trinajstić information content (AvgIpc) is 3.33. The van der Waals surface area contributed by atoms with E-state index in [0.717, 1.165) is 45.7 Å². The molecule has 2 aliphatic heterocycles. The van der Waals surface area contributed by atoms with Gasteiger partial charge in [-0.2, -0.15) is 0 Å². The lowest BCUT2D eigenvalue weighted by Crippen LogP contribution is -2.40. The predicted molar refractivity (Wildman–Crippen MR) is 137 cm³/mol. The molecule has 3 aliphatic rings. The van der Waals surface area contributed by atoms with Gasteiger partial charge in [0.25, 0.3) is 5.91 Å². The van der Waals surface area contributed by atoms with Crippen LogP contribution in [0.1, 0.15) is 50.2 Å². The zero-order chi connectivity index (χ0) is 22.2. The summed E-state index contributed by atoms with van der Waals surface area (Å²) < 4.78 is 0. The van der Waals surface area contributed by atoms with Crippen molar-refractivity contribution in [1.82, 2.24) is 4.90 Å². The molecular formula is C26H29N3OS2. The minimum Gasteiger partial charge on any atom is -0.334 e. The lowest BCUT2D eigenvalue weighted by atomic mass is 9.94. The first-order chi connectivity index (χ1) is 15.6. The molecule has 0 spiro atoms. The molecule has 1 saturated carbocycles. The molecule has 6 heteroatoms. The third kappa shape index (κ3) is 3.88. The first-order valence-corrected chi connectivity index (χ1v) is 13.2. The average molecular weight is 464 g/mol. The molecule has 0 radical (unpaired) electrons. The smallest absolute Gasteiger partial charge is 0.269 e. The van der Waals surface area contributed by atoms with E-state index in [0.29, 0.717) is 0 Å².